The van der Waals surface area contributed by atoms with E-state index < -0.39 is 0 Å². The Balaban J connectivity index is 2.76. The first-order chi connectivity index (χ1) is 7.95. The van der Waals surface area contributed by atoms with Crippen molar-refractivity contribution in [1.29, 1.82) is 0 Å². The number of carbonyl (C=O) groups is 1. The van der Waals surface area contributed by atoms with E-state index in [1.54, 1.807) is 0 Å². The molecule has 2 nitrogen and oxygen atoms in total. The summed E-state index contributed by atoms with van der Waals surface area (Å²) in [6.45, 7) is 6.07. The van der Waals surface area contributed by atoms with Gasteiger partial charge in [0.05, 0.1) is 0 Å². The molecule has 0 saturated carbocycles. The highest BCUT2D eigenvalue weighted by molar-refractivity contribution is 9.10. The maximum Gasteiger partial charge on any atom is 0.251 e. The number of halogens is 2. The fraction of sp³-hybridized carbons (Fsp3) is 0.462. The van der Waals surface area contributed by atoms with E-state index in [9.17, 15) is 4.79 Å². The quantitative estimate of drug-likeness (QED) is 0.808. The number of hydrogen-bond donors (Lipinski definition) is 1. The smallest absolute Gasteiger partial charge is 0.251 e. The second-order valence-electron chi connectivity index (χ2n) is 4.35. The van der Waals surface area contributed by atoms with Crippen LogP contribution in [-0.2, 0) is 0 Å². The van der Waals surface area contributed by atoms with Gasteiger partial charge in [0.15, 0.2) is 0 Å². The van der Waals surface area contributed by atoms with E-state index in [1.165, 1.54) is 0 Å². The van der Waals surface area contributed by atoms with Gasteiger partial charge in [0.25, 0.3) is 5.91 Å². The van der Waals surface area contributed by atoms with Gasteiger partial charge in [-0.15, -0.1) is 0 Å². The summed E-state index contributed by atoms with van der Waals surface area (Å²) in [5, 5.41) is 3.91. The number of carbonyl (C=O) groups excluding carboxylic acids is 1. The maximum atomic E-state index is 12.1. The van der Waals surface area contributed by atoms with E-state index in [0.717, 1.165) is 20.9 Å². The minimum absolute atomic E-state index is 0.00435. The molecule has 0 aliphatic carbocycles. The van der Waals surface area contributed by atoms with Crippen LogP contribution in [0.25, 0.3) is 0 Å². The van der Waals surface area contributed by atoms with Gasteiger partial charge in [-0.2, -0.15) is 0 Å². The molecule has 0 aliphatic heterocycles. The summed E-state index contributed by atoms with van der Waals surface area (Å²) in [6.07, 6.45) is 0. The summed E-state index contributed by atoms with van der Waals surface area (Å²) in [6, 6.07) is 5.85. The molecule has 1 N–H and O–H groups in total. The first kappa shape index (κ1) is 14.7. The summed E-state index contributed by atoms with van der Waals surface area (Å²) in [4.78, 5) is 12.1. The Kier molecular flexibility index (Phi) is 5.67. The highest BCUT2D eigenvalue weighted by Gasteiger charge is 2.16. The van der Waals surface area contributed by atoms with Crippen molar-refractivity contribution in [3.63, 3.8) is 0 Å². The summed E-state index contributed by atoms with van der Waals surface area (Å²) in [5.74, 6) is 0.407. The minimum atomic E-state index is -0.00435. The fourth-order valence-corrected chi connectivity index (χ4v) is 2.48. The van der Waals surface area contributed by atoms with E-state index in [1.807, 2.05) is 32.0 Å². The van der Waals surface area contributed by atoms with E-state index in [-0.39, 0.29) is 11.9 Å². The molecule has 0 saturated heterocycles. The van der Waals surface area contributed by atoms with Crippen LogP contribution in [0.3, 0.4) is 0 Å². The molecule has 0 bridgehead atoms. The number of aryl methyl sites for hydroxylation is 1. The van der Waals surface area contributed by atoms with Gasteiger partial charge in [-0.1, -0.05) is 38.8 Å². The van der Waals surface area contributed by atoms with Crippen LogP contribution in [0.1, 0.15) is 29.8 Å². The lowest BCUT2D eigenvalue weighted by atomic mass is 10.0. The third-order valence-corrected chi connectivity index (χ3v) is 4.40. The molecule has 0 heterocycles. The van der Waals surface area contributed by atoms with Crippen LogP contribution in [0.2, 0.25) is 0 Å². The molecule has 1 amide bonds. The van der Waals surface area contributed by atoms with Crippen molar-refractivity contribution < 1.29 is 4.79 Å². The first-order valence-corrected chi connectivity index (χ1v) is 7.50. The monoisotopic (exact) mass is 361 g/mol. The Bertz CT molecular complexity index is 406. The van der Waals surface area contributed by atoms with Gasteiger partial charge < -0.3 is 5.32 Å². The van der Waals surface area contributed by atoms with Gasteiger partial charge in [0.1, 0.15) is 0 Å². The van der Waals surface area contributed by atoms with Gasteiger partial charge in [-0.25, -0.2) is 0 Å². The number of hydrogen-bond acceptors (Lipinski definition) is 1. The lowest BCUT2D eigenvalue weighted by Gasteiger charge is -2.19. The van der Waals surface area contributed by atoms with E-state index >= 15 is 0 Å². The molecule has 0 aromatic heterocycles. The molecule has 94 valence electrons. The van der Waals surface area contributed by atoms with Crippen LogP contribution in [-0.4, -0.2) is 17.3 Å². The molecule has 1 aromatic rings. The van der Waals surface area contributed by atoms with Crippen LogP contribution in [0.15, 0.2) is 22.7 Å². The topological polar surface area (TPSA) is 29.1 Å². The molecule has 2 unspecified atom stereocenters. The fourth-order valence-electron chi connectivity index (χ4n) is 1.44. The number of amides is 1. The summed E-state index contributed by atoms with van der Waals surface area (Å²) >= 11 is 6.82. The van der Waals surface area contributed by atoms with Crippen LogP contribution in [0, 0.1) is 12.8 Å². The van der Waals surface area contributed by atoms with Crippen molar-refractivity contribution in [1.82, 2.24) is 5.32 Å². The van der Waals surface area contributed by atoms with Crippen molar-refractivity contribution in [3.05, 3.63) is 33.8 Å². The van der Waals surface area contributed by atoms with Gasteiger partial charge >= 0.3 is 0 Å². The van der Waals surface area contributed by atoms with Crippen LogP contribution < -0.4 is 5.32 Å². The second kappa shape index (κ2) is 6.55. The highest BCUT2D eigenvalue weighted by Crippen LogP contribution is 2.16. The number of benzene rings is 1. The van der Waals surface area contributed by atoms with Gasteiger partial charge in [0.2, 0.25) is 0 Å². The van der Waals surface area contributed by atoms with Crippen molar-refractivity contribution in [3.8, 4) is 0 Å². The average Bonchev–Trinajstić information content (AvgIpc) is 2.27. The zero-order valence-electron chi connectivity index (χ0n) is 10.3. The van der Waals surface area contributed by atoms with E-state index in [0.29, 0.717) is 5.92 Å². The lowest BCUT2D eigenvalue weighted by molar-refractivity contribution is 0.0930. The highest BCUT2D eigenvalue weighted by atomic mass is 79.9. The predicted molar refractivity (Wildman–Crippen MR) is 78.8 cm³/mol. The van der Waals surface area contributed by atoms with Gasteiger partial charge in [-0.05, 0) is 43.5 Å². The maximum absolute atomic E-state index is 12.1. The third-order valence-electron chi connectivity index (χ3n) is 2.89. The molecule has 4 heteroatoms. The van der Waals surface area contributed by atoms with E-state index in [2.05, 4.69) is 44.1 Å². The second-order valence-corrected chi connectivity index (χ2v) is 5.92. The minimum Gasteiger partial charge on any atom is -0.349 e. The first-order valence-electron chi connectivity index (χ1n) is 5.58. The summed E-state index contributed by atoms with van der Waals surface area (Å²) in [5.41, 5.74) is 1.72. The van der Waals surface area contributed by atoms with Crippen molar-refractivity contribution in [2.75, 3.05) is 5.33 Å². The molecular weight excluding hydrogens is 346 g/mol. The number of alkyl halides is 1. The SMILES string of the molecule is Cc1cc(Br)ccc1C(=O)NC(C)C(C)CBr. The molecule has 0 aliphatic rings. The zero-order chi connectivity index (χ0) is 13.0. The largest absolute Gasteiger partial charge is 0.349 e. The molecule has 0 spiro atoms. The molecule has 1 aromatic carbocycles. The Morgan fingerprint density at radius 1 is 1.41 bits per heavy atom. The Hall–Kier alpha value is -0.350. The predicted octanol–water partition coefficient (Wildman–Crippen LogP) is 3.91. The Labute approximate surface area is 119 Å². The molecule has 1 rings (SSSR count). The zero-order valence-corrected chi connectivity index (χ0v) is 13.4. The Morgan fingerprint density at radius 2 is 2.06 bits per heavy atom. The molecule has 17 heavy (non-hydrogen) atoms. The Morgan fingerprint density at radius 3 is 2.59 bits per heavy atom. The van der Waals surface area contributed by atoms with Crippen molar-refractivity contribution in [2.24, 2.45) is 5.92 Å². The average molecular weight is 363 g/mol. The molecule has 2 atom stereocenters. The van der Waals surface area contributed by atoms with E-state index in [4.69, 9.17) is 0 Å². The van der Waals surface area contributed by atoms with Gasteiger partial charge in [0, 0.05) is 21.4 Å². The molecule has 0 fully saturated rings. The standard InChI is InChI=1S/C13H17Br2NO/c1-8-6-11(15)4-5-12(8)13(17)16-10(3)9(2)7-14/h4-6,9-10H,7H2,1-3H3,(H,16,17). The van der Waals surface area contributed by atoms with Crippen molar-refractivity contribution in [2.45, 2.75) is 26.8 Å². The third kappa shape index (κ3) is 4.11. The number of rotatable bonds is 4. The lowest BCUT2D eigenvalue weighted by Crippen LogP contribution is -2.37. The normalized spacial score (nSPS) is 14.2. The molecular formula is C13H17Br2NO. The summed E-state index contributed by atoms with van der Waals surface area (Å²) in [7, 11) is 0. The number of nitrogens with one attached hydrogen (secondary N) is 1. The van der Waals surface area contributed by atoms with Crippen LogP contribution in [0.5, 0.6) is 0 Å². The van der Waals surface area contributed by atoms with Crippen LogP contribution >= 0.6 is 31.9 Å². The van der Waals surface area contributed by atoms with Crippen molar-refractivity contribution >= 4 is 37.8 Å². The molecule has 0 radical (unpaired) electrons. The van der Waals surface area contributed by atoms with Gasteiger partial charge in [-0.3, -0.25) is 4.79 Å². The van der Waals surface area contributed by atoms with Crippen LogP contribution in [0.4, 0.5) is 0 Å². The summed E-state index contributed by atoms with van der Waals surface area (Å²) < 4.78 is 0.994.